The molecule has 0 bridgehead atoms. The molecular formula is C20H24BN5O6. The van der Waals surface area contributed by atoms with E-state index in [9.17, 15) is 19.2 Å². The van der Waals surface area contributed by atoms with Gasteiger partial charge >= 0.3 is 5.97 Å². The number of carbonyl (C=O) groups is 4. The number of ether oxygens (including phenoxy) is 1. The fraction of sp³-hybridized carbons (Fsp3) is 0.350. The monoisotopic (exact) mass is 441 g/mol. The highest BCUT2D eigenvalue weighted by atomic mass is 16.5. The Kier molecular flexibility index (Phi) is 8.53. The second-order valence-corrected chi connectivity index (χ2v) is 7.46. The third kappa shape index (κ3) is 7.87. The van der Waals surface area contributed by atoms with Gasteiger partial charge in [-0.1, -0.05) is 30.3 Å². The summed E-state index contributed by atoms with van der Waals surface area (Å²) in [5.41, 5.74) is -0.506. The minimum Gasteiger partial charge on any atom is -0.480 e. The smallest absolute Gasteiger partial charge is 0.323 e. The van der Waals surface area contributed by atoms with Crippen LogP contribution >= 0.6 is 0 Å². The van der Waals surface area contributed by atoms with Crippen LogP contribution in [0.4, 0.5) is 10.6 Å². The van der Waals surface area contributed by atoms with Gasteiger partial charge in [0.25, 0.3) is 5.91 Å². The number of nitrogens with one attached hydrogen (secondary N) is 3. The number of hydrogen-bond acceptors (Lipinski definition) is 6. The molecule has 0 fully saturated rings. The summed E-state index contributed by atoms with van der Waals surface area (Å²) in [7, 11) is 5.10. The van der Waals surface area contributed by atoms with Gasteiger partial charge in [0.15, 0.2) is 11.6 Å². The second kappa shape index (κ2) is 11.1. The normalized spacial score (nSPS) is 11.9. The standard InChI is InChI=1S/C20H24BN5O6/c1-20(2,25-19(21)31)18(30)23-14(11-32-10-13-6-4-3-5-7-13)17(29)24-15-8-26(12-22-15)9-16(27)28/h3-8,12,14H,9-11H2,1-2H3,(H,23,30)(H,24,29)(H,25,31)(H,27,28)/t14-/m1/s1. The van der Waals surface area contributed by atoms with Crippen LogP contribution in [-0.2, 0) is 32.3 Å². The SMILES string of the molecule is [B]C(=O)NC(C)(C)C(=O)N[C@H](COCc1ccccc1)C(=O)Nc1cn(CC(=O)O)cn1. The van der Waals surface area contributed by atoms with Crippen LogP contribution in [-0.4, -0.2) is 64.3 Å². The summed E-state index contributed by atoms with van der Waals surface area (Å²) in [5, 5.41) is 16.2. The number of hydrogen-bond donors (Lipinski definition) is 4. The topological polar surface area (TPSA) is 152 Å². The zero-order chi connectivity index (χ0) is 23.7. The minimum atomic E-state index is -1.38. The maximum absolute atomic E-state index is 12.8. The van der Waals surface area contributed by atoms with Crippen LogP contribution in [0, 0.1) is 0 Å². The van der Waals surface area contributed by atoms with Crippen LogP contribution in [0.5, 0.6) is 0 Å². The van der Waals surface area contributed by atoms with Crippen LogP contribution in [0.25, 0.3) is 0 Å². The average Bonchev–Trinajstić information content (AvgIpc) is 3.12. The lowest BCUT2D eigenvalue weighted by atomic mass is 10.00. The Morgan fingerprint density at radius 3 is 2.53 bits per heavy atom. The summed E-state index contributed by atoms with van der Waals surface area (Å²) in [6.07, 6.45) is 2.59. The molecule has 0 saturated heterocycles. The quantitative estimate of drug-likeness (QED) is 0.365. The molecule has 2 radical (unpaired) electrons. The first-order valence-electron chi connectivity index (χ1n) is 9.61. The van der Waals surface area contributed by atoms with Gasteiger partial charge in [-0.2, -0.15) is 0 Å². The van der Waals surface area contributed by atoms with Crippen molar-refractivity contribution < 1.29 is 29.0 Å². The lowest BCUT2D eigenvalue weighted by Crippen LogP contribution is -2.59. The zero-order valence-corrected chi connectivity index (χ0v) is 17.7. The molecule has 0 saturated carbocycles. The van der Waals surface area contributed by atoms with Crippen molar-refractivity contribution in [1.29, 1.82) is 0 Å². The van der Waals surface area contributed by atoms with E-state index >= 15 is 0 Å². The summed E-state index contributed by atoms with van der Waals surface area (Å²) in [6, 6.07) is 8.11. The molecule has 0 spiro atoms. The lowest BCUT2D eigenvalue weighted by Gasteiger charge is -2.27. The van der Waals surface area contributed by atoms with Crippen LogP contribution < -0.4 is 16.0 Å². The second-order valence-electron chi connectivity index (χ2n) is 7.46. The molecule has 168 valence electrons. The molecule has 1 aromatic carbocycles. The van der Waals surface area contributed by atoms with Crippen LogP contribution in [0.15, 0.2) is 42.9 Å². The fourth-order valence-corrected chi connectivity index (χ4v) is 2.64. The number of anilines is 1. The van der Waals surface area contributed by atoms with Crippen LogP contribution in [0.2, 0.25) is 0 Å². The van der Waals surface area contributed by atoms with Gasteiger partial charge in [-0.25, -0.2) is 4.98 Å². The molecule has 2 rings (SSSR count). The molecule has 1 atom stereocenters. The number of carbonyl (C=O) groups excluding carboxylic acids is 3. The molecule has 0 aliphatic rings. The number of amides is 3. The molecule has 0 unspecified atom stereocenters. The van der Waals surface area contributed by atoms with Crippen molar-refractivity contribution in [3.63, 3.8) is 0 Å². The molecule has 1 aromatic heterocycles. The molecular weight excluding hydrogens is 417 g/mol. The van der Waals surface area contributed by atoms with Crippen molar-refractivity contribution >= 4 is 37.3 Å². The van der Waals surface area contributed by atoms with Crippen molar-refractivity contribution in [3.05, 3.63) is 48.4 Å². The van der Waals surface area contributed by atoms with E-state index in [2.05, 4.69) is 20.9 Å². The Morgan fingerprint density at radius 1 is 1.22 bits per heavy atom. The molecule has 12 heteroatoms. The van der Waals surface area contributed by atoms with E-state index in [0.717, 1.165) is 5.56 Å². The maximum Gasteiger partial charge on any atom is 0.323 e. The summed E-state index contributed by atoms with van der Waals surface area (Å²) in [6.45, 7) is 2.57. The number of aliphatic carboxylic acids is 1. The largest absolute Gasteiger partial charge is 0.480 e. The van der Waals surface area contributed by atoms with Crippen molar-refractivity contribution in [2.45, 2.75) is 38.6 Å². The molecule has 0 aliphatic heterocycles. The van der Waals surface area contributed by atoms with E-state index < -0.39 is 35.2 Å². The summed E-state index contributed by atoms with van der Waals surface area (Å²) >= 11 is 0. The first kappa shape index (κ1) is 24.6. The Balaban J connectivity index is 2.08. The van der Waals surface area contributed by atoms with Gasteiger partial charge < -0.3 is 30.4 Å². The number of carboxylic acids is 1. The number of benzene rings is 1. The molecule has 11 nitrogen and oxygen atoms in total. The third-order valence-corrected chi connectivity index (χ3v) is 4.22. The van der Waals surface area contributed by atoms with Gasteiger partial charge in [-0.15, -0.1) is 0 Å². The molecule has 1 heterocycles. The molecule has 4 N–H and O–H groups in total. The predicted molar refractivity (Wildman–Crippen MR) is 115 cm³/mol. The third-order valence-electron chi connectivity index (χ3n) is 4.22. The minimum absolute atomic E-state index is 0.105. The Bertz CT molecular complexity index is 962. The van der Waals surface area contributed by atoms with E-state index in [0.29, 0.717) is 0 Å². The molecule has 0 aliphatic carbocycles. The highest BCUT2D eigenvalue weighted by molar-refractivity contribution is 6.57. The summed E-state index contributed by atoms with van der Waals surface area (Å²) < 4.78 is 6.88. The van der Waals surface area contributed by atoms with Gasteiger partial charge in [-0.05, 0) is 19.4 Å². The Labute approximate surface area is 185 Å². The number of rotatable bonds is 11. The first-order chi connectivity index (χ1) is 15.1. The average molecular weight is 441 g/mol. The van der Waals surface area contributed by atoms with Crippen molar-refractivity contribution in [3.8, 4) is 0 Å². The van der Waals surface area contributed by atoms with E-state index in [1.807, 2.05) is 30.3 Å². The number of nitrogens with zero attached hydrogens (tertiary/aromatic N) is 2. The highest BCUT2D eigenvalue weighted by Crippen LogP contribution is 2.08. The summed E-state index contributed by atoms with van der Waals surface area (Å²) in [5.74, 6) is -3.15. The van der Waals surface area contributed by atoms with Crippen LogP contribution in [0.3, 0.4) is 0 Å². The van der Waals surface area contributed by atoms with Crippen molar-refractivity contribution in [1.82, 2.24) is 20.2 Å². The van der Waals surface area contributed by atoms with E-state index in [1.165, 1.54) is 30.9 Å². The van der Waals surface area contributed by atoms with Gasteiger partial charge in [0.2, 0.25) is 13.8 Å². The van der Waals surface area contributed by atoms with Gasteiger partial charge in [0.05, 0.1) is 19.5 Å². The van der Waals surface area contributed by atoms with Crippen LogP contribution in [0.1, 0.15) is 19.4 Å². The summed E-state index contributed by atoms with van der Waals surface area (Å²) in [4.78, 5) is 51.3. The fourth-order valence-electron chi connectivity index (χ4n) is 2.64. The van der Waals surface area contributed by atoms with E-state index in [1.54, 1.807) is 0 Å². The first-order valence-corrected chi connectivity index (χ1v) is 9.61. The Morgan fingerprint density at radius 2 is 1.91 bits per heavy atom. The van der Waals surface area contributed by atoms with Gasteiger partial charge in [0.1, 0.15) is 18.1 Å². The lowest BCUT2D eigenvalue weighted by molar-refractivity contribution is -0.137. The van der Waals surface area contributed by atoms with Crippen molar-refractivity contribution in [2.75, 3.05) is 11.9 Å². The van der Waals surface area contributed by atoms with E-state index in [-0.39, 0.29) is 25.6 Å². The Hall–Kier alpha value is -3.67. The van der Waals surface area contributed by atoms with Gasteiger partial charge in [-0.3, -0.25) is 19.2 Å². The number of imidazole rings is 1. The molecule has 3 amide bonds. The number of aromatic nitrogens is 2. The highest BCUT2D eigenvalue weighted by Gasteiger charge is 2.32. The van der Waals surface area contributed by atoms with Crippen molar-refractivity contribution in [2.24, 2.45) is 0 Å². The molecule has 2 aromatic rings. The predicted octanol–water partition coefficient (Wildman–Crippen LogP) is 0.265. The van der Waals surface area contributed by atoms with E-state index in [4.69, 9.17) is 17.7 Å². The zero-order valence-electron chi connectivity index (χ0n) is 17.7. The van der Waals surface area contributed by atoms with Gasteiger partial charge in [0, 0.05) is 6.20 Å². The maximum atomic E-state index is 12.8. The molecule has 32 heavy (non-hydrogen) atoms. The number of carboxylic acid groups (broad SMARTS) is 1.